The van der Waals surface area contributed by atoms with Gasteiger partial charge >= 0.3 is 0 Å². The van der Waals surface area contributed by atoms with Crippen LogP contribution in [0.5, 0.6) is 5.75 Å². The van der Waals surface area contributed by atoms with E-state index in [1.807, 2.05) is 18.2 Å². The molecule has 1 heterocycles. The number of nitro groups is 1. The van der Waals surface area contributed by atoms with Gasteiger partial charge in [-0.1, -0.05) is 18.2 Å². The topological polar surface area (TPSA) is 52.4 Å². The van der Waals surface area contributed by atoms with Crippen molar-refractivity contribution in [2.24, 2.45) is 0 Å². The Labute approximate surface area is 92.0 Å². The molecular weight excluding hydrogens is 206 g/mol. The van der Waals surface area contributed by atoms with Crippen LogP contribution in [0, 0.1) is 10.1 Å². The van der Waals surface area contributed by atoms with Gasteiger partial charge in [-0.05, 0) is 6.07 Å². The molecule has 1 aromatic carbocycles. The van der Waals surface area contributed by atoms with Gasteiger partial charge < -0.3 is 4.74 Å². The fourth-order valence-electron chi connectivity index (χ4n) is 2.10. The summed E-state index contributed by atoms with van der Waals surface area (Å²) in [6.07, 6.45) is 6.89. The lowest BCUT2D eigenvalue weighted by Gasteiger charge is -2.11. The molecule has 4 heteroatoms. The maximum Gasteiger partial charge on any atom is 0.273 e. The number of hydrogen-bond donors (Lipinski definition) is 0. The van der Waals surface area contributed by atoms with E-state index in [1.54, 1.807) is 6.07 Å². The number of nitrogens with zero attached hydrogens (tertiary/aromatic N) is 1. The zero-order valence-electron chi connectivity index (χ0n) is 8.42. The predicted octanol–water partition coefficient (Wildman–Crippen LogP) is 2.70. The van der Waals surface area contributed by atoms with Crippen LogP contribution in [0.2, 0.25) is 0 Å². The largest absolute Gasteiger partial charge is 0.484 e. The van der Waals surface area contributed by atoms with Crippen molar-refractivity contribution in [2.75, 3.05) is 0 Å². The Morgan fingerprint density at radius 3 is 3.12 bits per heavy atom. The highest BCUT2D eigenvalue weighted by Crippen LogP contribution is 2.41. The molecule has 1 aromatic rings. The summed E-state index contributed by atoms with van der Waals surface area (Å²) in [4.78, 5) is 10.2. The number of nitro benzene ring substituents is 1. The van der Waals surface area contributed by atoms with Gasteiger partial charge in [0, 0.05) is 23.6 Å². The minimum atomic E-state index is -0.405. The Morgan fingerprint density at radius 2 is 2.31 bits per heavy atom. The van der Waals surface area contributed by atoms with E-state index in [0.717, 1.165) is 17.6 Å². The van der Waals surface area contributed by atoms with Gasteiger partial charge in [0.05, 0.1) is 11.0 Å². The van der Waals surface area contributed by atoms with Gasteiger partial charge in [0.2, 0.25) is 0 Å². The molecule has 1 aliphatic carbocycles. The average molecular weight is 215 g/mol. The van der Waals surface area contributed by atoms with Gasteiger partial charge in [0.25, 0.3) is 5.69 Å². The highest BCUT2D eigenvalue weighted by atomic mass is 16.6. The molecule has 0 bridgehead atoms. The molecule has 16 heavy (non-hydrogen) atoms. The molecule has 1 unspecified atom stereocenters. The van der Waals surface area contributed by atoms with Crippen molar-refractivity contribution in [3.63, 3.8) is 0 Å². The van der Waals surface area contributed by atoms with Crippen LogP contribution < -0.4 is 4.74 Å². The average Bonchev–Trinajstić information content (AvgIpc) is 2.66. The molecule has 0 aromatic heterocycles. The van der Waals surface area contributed by atoms with Crippen molar-refractivity contribution in [1.82, 2.24) is 0 Å². The SMILES string of the molecule is O=[N+]([O-])c1ccc2c(c1)OC1CC=CC=C21. The van der Waals surface area contributed by atoms with Crippen molar-refractivity contribution >= 4 is 11.3 Å². The van der Waals surface area contributed by atoms with E-state index >= 15 is 0 Å². The normalized spacial score (nSPS) is 20.8. The Morgan fingerprint density at radius 1 is 1.44 bits per heavy atom. The van der Waals surface area contributed by atoms with Gasteiger partial charge in [-0.25, -0.2) is 0 Å². The molecule has 0 amide bonds. The standard InChI is InChI=1S/C12H9NO3/c14-13(15)8-5-6-10-9-3-1-2-4-11(9)16-12(10)7-8/h1-3,5-7,11H,4H2. The quantitative estimate of drug-likeness (QED) is 0.534. The van der Waals surface area contributed by atoms with Crippen LogP contribution in [0.4, 0.5) is 5.69 Å². The third-order valence-corrected chi connectivity index (χ3v) is 2.87. The second-order valence-electron chi connectivity index (χ2n) is 3.83. The van der Waals surface area contributed by atoms with E-state index in [4.69, 9.17) is 4.74 Å². The second kappa shape index (κ2) is 3.20. The molecule has 1 atom stereocenters. The number of benzene rings is 1. The number of ether oxygens (including phenoxy) is 1. The third-order valence-electron chi connectivity index (χ3n) is 2.87. The Bertz CT molecular complexity index is 531. The fourth-order valence-corrected chi connectivity index (χ4v) is 2.10. The molecule has 4 nitrogen and oxygen atoms in total. The van der Waals surface area contributed by atoms with E-state index < -0.39 is 4.92 Å². The van der Waals surface area contributed by atoms with Crippen LogP contribution in [0.25, 0.3) is 5.57 Å². The number of non-ortho nitro benzene ring substituents is 1. The maximum absolute atomic E-state index is 10.6. The smallest absolute Gasteiger partial charge is 0.273 e. The summed E-state index contributed by atoms with van der Waals surface area (Å²) in [5, 5.41) is 10.6. The first-order chi connectivity index (χ1) is 7.75. The first-order valence-electron chi connectivity index (χ1n) is 5.08. The van der Waals surface area contributed by atoms with Crippen LogP contribution in [-0.4, -0.2) is 11.0 Å². The molecule has 0 fully saturated rings. The molecule has 80 valence electrons. The van der Waals surface area contributed by atoms with Gasteiger partial charge in [-0.2, -0.15) is 0 Å². The lowest BCUT2D eigenvalue weighted by atomic mass is 9.97. The molecule has 2 aliphatic rings. The zero-order chi connectivity index (χ0) is 11.1. The monoisotopic (exact) mass is 215 g/mol. The molecule has 1 aliphatic heterocycles. The van der Waals surface area contributed by atoms with Crippen LogP contribution in [0.1, 0.15) is 12.0 Å². The second-order valence-corrected chi connectivity index (χ2v) is 3.83. The summed E-state index contributed by atoms with van der Waals surface area (Å²) in [6, 6.07) is 4.77. The number of hydrogen-bond acceptors (Lipinski definition) is 3. The van der Waals surface area contributed by atoms with E-state index in [2.05, 4.69) is 0 Å². The molecule has 0 spiro atoms. The van der Waals surface area contributed by atoms with E-state index in [9.17, 15) is 10.1 Å². The molecule has 0 saturated heterocycles. The molecular formula is C12H9NO3. The molecule has 3 rings (SSSR count). The zero-order valence-corrected chi connectivity index (χ0v) is 8.42. The van der Waals surface area contributed by atoms with Crippen molar-refractivity contribution in [1.29, 1.82) is 0 Å². The van der Waals surface area contributed by atoms with Gasteiger partial charge in [-0.3, -0.25) is 10.1 Å². The lowest BCUT2D eigenvalue weighted by molar-refractivity contribution is -0.384. The minimum absolute atomic E-state index is 0.0296. The number of allylic oxidation sites excluding steroid dienone is 2. The number of fused-ring (bicyclic) bond motifs is 3. The van der Waals surface area contributed by atoms with Crippen molar-refractivity contribution in [2.45, 2.75) is 12.5 Å². The summed E-state index contributed by atoms with van der Waals surface area (Å²) in [5.74, 6) is 0.620. The van der Waals surface area contributed by atoms with Gasteiger partial charge in [-0.15, -0.1) is 0 Å². The summed E-state index contributed by atoms with van der Waals surface area (Å²) in [7, 11) is 0. The third kappa shape index (κ3) is 1.23. The van der Waals surface area contributed by atoms with Crippen LogP contribution in [0.3, 0.4) is 0 Å². The fraction of sp³-hybridized carbons (Fsp3) is 0.167. The highest BCUT2D eigenvalue weighted by Gasteiger charge is 2.29. The number of rotatable bonds is 1. The highest BCUT2D eigenvalue weighted by molar-refractivity contribution is 5.80. The lowest BCUT2D eigenvalue weighted by Crippen LogP contribution is -2.12. The van der Waals surface area contributed by atoms with Crippen molar-refractivity contribution < 1.29 is 9.66 Å². The molecule has 0 saturated carbocycles. The first-order valence-corrected chi connectivity index (χ1v) is 5.08. The Balaban J connectivity index is 2.09. The Kier molecular flexibility index (Phi) is 1.83. The van der Waals surface area contributed by atoms with E-state index in [0.29, 0.717) is 5.75 Å². The van der Waals surface area contributed by atoms with E-state index in [-0.39, 0.29) is 11.8 Å². The summed E-state index contributed by atoms with van der Waals surface area (Å²) in [6.45, 7) is 0. The molecule has 0 radical (unpaired) electrons. The summed E-state index contributed by atoms with van der Waals surface area (Å²) in [5.41, 5.74) is 2.17. The summed E-state index contributed by atoms with van der Waals surface area (Å²) >= 11 is 0. The van der Waals surface area contributed by atoms with Crippen LogP contribution in [-0.2, 0) is 0 Å². The summed E-state index contributed by atoms with van der Waals surface area (Å²) < 4.78 is 5.68. The first kappa shape index (κ1) is 9.15. The van der Waals surface area contributed by atoms with Crippen LogP contribution in [0.15, 0.2) is 36.4 Å². The maximum atomic E-state index is 10.6. The van der Waals surface area contributed by atoms with Gasteiger partial charge in [0.1, 0.15) is 11.9 Å². The predicted molar refractivity (Wildman–Crippen MR) is 59.2 cm³/mol. The Hall–Kier alpha value is -2.10. The van der Waals surface area contributed by atoms with Crippen molar-refractivity contribution in [3.8, 4) is 5.75 Å². The molecule has 0 N–H and O–H groups in total. The van der Waals surface area contributed by atoms with Crippen molar-refractivity contribution in [3.05, 3.63) is 52.1 Å². The van der Waals surface area contributed by atoms with Gasteiger partial charge in [0.15, 0.2) is 0 Å². The van der Waals surface area contributed by atoms with E-state index in [1.165, 1.54) is 12.1 Å². The minimum Gasteiger partial charge on any atom is -0.484 e. The van der Waals surface area contributed by atoms with Crippen LogP contribution >= 0.6 is 0 Å².